The summed E-state index contributed by atoms with van der Waals surface area (Å²) < 4.78 is 0. The molecule has 0 unspecified atom stereocenters. The van der Waals surface area contributed by atoms with Gasteiger partial charge in [0.2, 0.25) is 0 Å². The topological polar surface area (TPSA) is 48.2 Å². The minimum Gasteiger partial charge on any atom is -0.367 e. The Kier molecular flexibility index (Phi) is 5.13. The number of nitrogens with zero attached hydrogens (tertiary/aromatic N) is 1. The molecule has 0 amide bonds. The van der Waals surface area contributed by atoms with E-state index < -0.39 is 0 Å². The standard InChI is InChI=1S/C14H23N3/c1-5-13(10(2)3)17-14(11(4)9-15)16-12-7-6-8-12/h5,9-10,12,15-16H,1,6-8H2,2-4H3/b14-11+,15-9?,17-13+. The second-order valence-electron chi connectivity index (χ2n) is 4.84. The summed E-state index contributed by atoms with van der Waals surface area (Å²) in [7, 11) is 0. The van der Waals surface area contributed by atoms with Gasteiger partial charge in [-0.2, -0.15) is 0 Å². The van der Waals surface area contributed by atoms with Crippen LogP contribution in [0.1, 0.15) is 40.0 Å². The number of rotatable bonds is 6. The number of hydrogen-bond acceptors (Lipinski definition) is 3. The zero-order valence-corrected chi connectivity index (χ0v) is 11.1. The summed E-state index contributed by atoms with van der Waals surface area (Å²) in [4.78, 5) is 4.60. The van der Waals surface area contributed by atoms with Crippen molar-refractivity contribution < 1.29 is 0 Å². The molecule has 0 saturated heterocycles. The van der Waals surface area contributed by atoms with Crippen LogP contribution >= 0.6 is 0 Å². The predicted octanol–water partition coefficient (Wildman–Crippen LogP) is 3.29. The Morgan fingerprint density at radius 1 is 1.47 bits per heavy atom. The molecular formula is C14H23N3. The Hall–Kier alpha value is -1.38. The monoisotopic (exact) mass is 233 g/mol. The Bertz CT molecular complexity index is 346. The average molecular weight is 233 g/mol. The van der Waals surface area contributed by atoms with Gasteiger partial charge in [0.1, 0.15) is 5.82 Å². The smallest absolute Gasteiger partial charge is 0.130 e. The minimum atomic E-state index is 0.351. The number of hydrogen-bond donors (Lipinski definition) is 2. The molecule has 0 heterocycles. The van der Waals surface area contributed by atoms with Crippen LogP contribution in [0.25, 0.3) is 0 Å². The van der Waals surface area contributed by atoms with Crippen molar-refractivity contribution in [3.8, 4) is 0 Å². The van der Waals surface area contributed by atoms with Crippen LogP contribution in [0.4, 0.5) is 0 Å². The van der Waals surface area contributed by atoms with Crippen molar-refractivity contribution in [1.29, 1.82) is 5.41 Å². The lowest BCUT2D eigenvalue weighted by Gasteiger charge is -2.28. The summed E-state index contributed by atoms with van der Waals surface area (Å²) in [5.74, 6) is 1.18. The second-order valence-corrected chi connectivity index (χ2v) is 4.84. The normalized spacial score (nSPS) is 18.5. The largest absolute Gasteiger partial charge is 0.367 e. The molecule has 0 atom stereocenters. The number of allylic oxidation sites excluding steroid dienone is 2. The summed E-state index contributed by atoms with van der Waals surface area (Å²) in [5, 5.41) is 10.8. The van der Waals surface area contributed by atoms with Crippen LogP contribution in [0.15, 0.2) is 29.0 Å². The van der Waals surface area contributed by atoms with Gasteiger partial charge in [0.05, 0.1) is 0 Å². The third kappa shape index (κ3) is 3.84. The summed E-state index contributed by atoms with van der Waals surface area (Å²) >= 11 is 0. The Morgan fingerprint density at radius 2 is 2.12 bits per heavy atom. The van der Waals surface area contributed by atoms with E-state index in [0.29, 0.717) is 12.0 Å². The van der Waals surface area contributed by atoms with Gasteiger partial charge in [-0.3, -0.25) is 0 Å². The maximum absolute atomic E-state index is 7.35. The van der Waals surface area contributed by atoms with Gasteiger partial charge in [-0.15, -0.1) is 0 Å². The van der Waals surface area contributed by atoms with Gasteiger partial charge in [-0.25, -0.2) is 4.99 Å². The van der Waals surface area contributed by atoms with Gasteiger partial charge in [-0.1, -0.05) is 20.4 Å². The molecule has 94 valence electrons. The molecule has 3 heteroatoms. The molecule has 1 fully saturated rings. The SMILES string of the molecule is C=C/C(=N\C(NC1CCC1)=C(/C)C=N)C(C)C. The van der Waals surface area contributed by atoms with E-state index in [0.717, 1.165) is 17.1 Å². The van der Waals surface area contributed by atoms with Crippen molar-refractivity contribution in [2.75, 3.05) is 0 Å². The third-order valence-corrected chi connectivity index (χ3v) is 3.08. The first kappa shape index (κ1) is 13.7. The number of nitrogens with one attached hydrogen (secondary N) is 2. The molecule has 17 heavy (non-hydrogen) atoms. The minimum absolute atomic E-state index is 0.351. The summed E-state index contributed by atoms with van der Waals surface area (Å²) in [6.07, 6.45) is 6.84. The highest BCUT2D eigenvalue weighted by atomic mass is 15.1. The molecule has 2 N–H and O–H groups in total. The molecule has 1 aliphatic carbocycles. The molecule has 0 aromatic carbocycles. The third-order valence-electron chi connectivity index (χ3n) is 3.08. The lowest BCUT2D eigenvalue weighted by atomic mass is 9.93. The van der Waals surface area contributed by atoms with Crippen LogP contribution in [0, 0.1) is 11.3 Å². The molecule has 0 aromatic heterocycles. The van der Waals surface area contributed by atoms with E-state index in [-0.39, 0.29) is 0 Å². The van der Waals surface area contributed by atoms with Crippen LogP contribution in [-0.2, 0) is 0 Å². The fraction of sp³-hybridized carbons (Fsp3) is 0.571. The Morgan fingerprint density at radius 3 is 2.47 bits per heavy atom. The second kappa shape index (κ2) is 6.38. The van der Waals surface area contributed by atoms with Gasteiger partial charge in [-0.05, 0) is 38.2 Å². The molecule has 0 radical (unpaired) electrons. The quantitative estimate of drug-likeness (QED) is 0.679. The van der Waals surface area contributed by atoms with Crippen molar-refractivity contribution in [2.24, 2.45) is 10.9 Å². The van der Waals surface area contributed by atoms with Crippen molar-refractivity contribution >= 4 is 11.9 Å². The molecule has 0 bridgehead atoms. The Balaban J connectivity index is 2.89. The van der Waals surface area contributed by atoms with E-state index in [9.17, 15) is 0 Å². The Labute approximate surface area is 104 Å². The van der Waals surface area contributed by atoms with Crippen LogP contribution in [0.5, 0.6) is 0 Å². The van der Waals surface area contributed by atoms with Crippen molar-refractivity contribution in [3.05, 3.63) is 24.0 Å². The van der Waals surface area contributed by atoms with Gasteiger partial charge in [0, 0.05) is 23.5 Å². The van der Waals surface area contributed by atoms with E-state index in [1.807, 2.05) is 6.92 Å². The predicted molar refractivity (Wildman–Crippen MR) is 74.7 cm³/mol. The number of aliphatic imine (C=N–C) groups is 1. The van der Waals surface area contributed by atoms with Crippen molar-refractivity contribution in [2.45, 2.75) is 46.1 Å². The lowest BCUT2D eigenvalue weighted by molar-refractivity contribution is 0.362. The highest BCUT2D eigenvalue weighted by Crippen LogP contribution is 2.20. The molecule has 1 rings (SSSR count). The van der Waals surface area contributed by atoms with E-state index >= 15 is 0 Å². The van der Waals surface area contributed by atoms with Crippen LogP contribution < -0.4 is 5.32 Å². The van der Waals surface area contributed by atoms with E-state index in [1.165, 1.54) is 25.5 Å². The van der Waals surface area contributed by atoms with E-state index in [1.54, 1.807) is 6.08 Å². The lowest BCUT2D eigenvalue weighted by Crippen LogP contribution is -2.35. The average Bonchev–Trinajstić information content (AvgIpc) is 2.25. The zero-order valence-electron chi connectivity index (χ0n) is 11.1. The summed E-state index contributed by atoms with van der Waals surface area (Å²) in [6, 6.07) is 0.530. The highest BCUT2D eigenvalue weighted by Gasteiger charge is 2.18. The maximum Gasteiger partial charge on any atom is 0.130 e. The maximum atomic E-state index is 7.35. The highest BCUT2D eigenvalue weighted by molar-refractivity contribution is 5.97. The molecule has 0 aromatic rings. The van der Waals surface area contributed by atoms with Gasteiger partial charge >= 0.3 is 0 Å². The summed E-state index contributed by atoms with van der Waals surface area (Å²) in [6.45, 7) is 9.91. The van der Waals surface area contributed by atoms with Gasteiger partial charge in [0.15, 0.2) is 0 Å². The first-order valence-electron chi connectivity index (χ1n) is 6.27. The van der Waals surface area contributed by atoms with E-state index in [4.69, 9.17) is 5.41 Å². The van der Waals surface area contributed by atoms with Crippen LogP contribution in [0.3, 0.4) is 0 Å². The molecule has 1 aliphatic rings. The first-order chi connectivity index (χ1) is 8.08. The van der Waals surface area contributed by atoms with Crippen molar-refractivity contribution in [1.82, 2.24) is 5.32 Å². The molecule has 0 spiro atoms. The molecular weight excluding hydrogens is 210 g/mol. The fourth-order valence-electron chi connectivity index (χ4n) is 1.59. The van der Waals surface area contributed by atoms with Crippen LogP contribution in [-0.4, -0.2) is 18.0 Å². The fourth-order valence-corrected chi connectivity index (χ4v) is 1.59. The van der Waals surface area contributed by atoms with Gasteiger partial charge in [0.25, 0.3) is 0 Å². The molecule has 3 nitrogen and oxygen atoms in total. The molecule has 1 saturated carbocycles. The first-order valence-corrected chi connectivity index (χ1v) is 6.27. The van der Waals surface area contributed by atoms with Gasteiger partial charge < -0.3 is 10.7 Å². The zero-order chi connectivity index (χ0) is 12.8. The summed E-state index contributed by atoms with van der Waals surface area (Å²) in [5.41, 5.74) is 1.84. The van der Waals surface area contributed by atoms with Crippen LogP contribution in [0.2, 0.25) is 0 Å². The molecule has 0 aliphatic heterocycles. The van der Waals surface area contributed by atoms with Crippen molar-refractivity contribution in [3.63, 3.8) is 0 Å². The van der Waals surface area contributed by atoms with E-state index in [2.05, 4.69) is 30.7 Å².